The van der Waals surface area contributed by atoms with Gasteiger partial charge in [0, 0.05) is 0 Å². The zero-order valence-corrected chi connectivity index (χ0v) is 18.3. The fraction of sp³-hybridized carbons (Fsp3) is 0.909. The molecular formula is C22H44O6. The minimum absolute atomic E-state index is 0.142. The van der Waals surface area contributed by atoms with Gasteiger partial charge in [-0.2, -0.15) is 0 Å². The van der Waals surface area contributed by atoms with Crippen LogP contribution in [0, 0.1) is 11.8 Å². The quantitative estimate of drug-likeness (QED) is 0.188. The highest BCUT2D eigenvalue weighted by Gasteiger charge is 2.29. The Bertz CT molecular complexity index is 398. The van der Waals surface area contributed by atoms with Crippen LogP contribution in [0.1, 0.15) is 72.6 Å². The molecule has 28 heavy (non-hydrogen) atoms. The molecule has 6 heteroatoms. The molecule has 0 saturated carbocycles. The largest absolute Gasteiger partial charge is 0.394 e. The van der Waals surface area contributed by atoms with Crippen molar-refractivity contribution in [2.24, 2.45) is 11.8 Å². The number of allylic oxidation sites excluding steroid dienone is 1. The first-order chi connectivity index (χ1) is 13.2. The number of rotatable bonds is 17. The van der Waals surface area contributed by atoms with Crippen LogP contribution in [0.15, 0.2) is 11.6 Å². The van der Waals surface area contributed by atoms with Crippen molar-refractivity contribution in [3.8, 4) is 0 Å². The second-order valence-electron chi connectivity index (χ2n) is 8.53. The molecular weight excluding hydrogens is 360 g/mol. The van der Waals surface area contributed by atoms with Gasteiger partial charge in [-0.25, -0.2) is 0 Å². The summed E-state index contributed by atoms with van der Waals surface area (Å²) in [6, 6.07) is 0. The molecule has 0 heterocycles. The maximum absolute atomic E-state index is 9.76. The lowest BCUT2D eigenvalue weighted by atomic mass is 9.94. The van der Waals surface area contributed by atoms with Gasteiger partial charge in [-0.05, 0) is 38.0 Å². The van der Waals surface area contributed by atoms with Crippen LogP contribution in [-0.4, -0.2) is 69.8 Å². The van der Waals surface area contributed by atoms with Crippen molar-refractivity contribution in [3.63, 3.8) is 0 Å². The van der Waals surface area contributed by atoms with E-state index in [2.05, 4.69) is 33.8 Å². The molecule has 1 unspecified atom stereocenters. The lowest BCUT2D eigenvalue weighted by molar-refractivity contribution is -0.128. The summed E-state index contributed by atoms with van der Waals surface area (Å²) >= 11 is 0. The lowest BCUT2D eigenvalue weighted by Gasteiger charge is -2.25. The second kappa shape index (κ2) is 16.3. The van der Waals surface area contributed by atoms with Crippen molar-refractivity contribution in [1.29, 1.82) is 0 Å². The monoisotopic (exact) mass is 404 g/mol. The summed E-state index contributed by atoms with van der Waals surface area (Å²) in [4.78, 5) is 0. The number of ether oxygens (including phenoxy) is 1. The van der Waals surface area contributed by atoms with E-state index in [0.29, 0.717) is 6.61 Å². The van der Waals surface area contributed by atoms with Crippen molar-refractivity contribution in [2.75, 3.05) is 19.8 Å². The zero-order chi connectivity index (χ0) is 21.5. The Balaban J connectivity index is 3.83. The topological polar surface area (TPSA) is 110 Å². The van der Waals surface area contributed by atoms with Gasteiger partial charge >= 0.3 is 0 Å². The molecule has 0 rings (SSSR count). The molecule has 0 aromatic heterocycles. The Morgan fingerprint density at radius 2 is 1.50 bits per heavy atom. The standard InChI is InChI=1S/C22H44O6/c1-16(2)8-5-9-17(3)10-6-11-18(4)12-7-13-28-15-20(25)22(27)21(26)19(24)14-23/h12,16-17,19-27H,5-11,13-15H2,1-4H3/t17?,19-,20-,21-,22-/m0/s1. The highest BCUT2D eigenvalue weighted by atomic mass is 16.5. The lowest BCUT2D eigenvalue weighted by Crippen LogP contribution is -2.47. The number of hydrogen-bond donors (Lipinski definition) is 5. The third-order valence-electron chi connectivity index (χ3n) is 5.12. The maximum atomic E-state index is 9.76. The average Bonchev–Trinajstić information content (AvgIpc) is 2.65. The first-order valence-corrected chi connectivity index (χ1v) is 10.8. The van der Waals surface area contributed by atoms with Crippen LogP contribution in [0.2, 0.25) is 0 Å². The van der Waals surface area contributed by atoms with Gasteiger partial charge in [0.05, 0.1) is 19.8 Å². The molecule has 0 aromatic carbocycles. The van der Waals surface area contributed by atoms with Crippen LogP contribution < -0.4 is 0 Å². The molecule has 0 aliphatic heterocycles. The fourth-order valence-electron chi connectivity index (χ4n) is 3.10. The van der Waals surface area contributed by atoms with E-state index in [9.17, 15) is 20.4 Å². The van der Waals surface area contributed by atoms with Crippen LogP contribution in [0.5, 0.6) is 0 Å². The Morgan fingerprint density at radius 3 is 2.11 bits per heavy atom. The van der Waals surface area contributed by atoms with Crippen molar-refractivity contribution in [2.45, 2.75) is 97.1 Å². The molecule has 6 nitrogen and oxygen atoms in total. The highest BCUT2D eigenvalue weighted by Crippen LogP contribution is 2.19. The Hall–Kier alpha value is -0.500. The molecule has 0 aliphatic carbocycles. The predicted molar refractivity (Wildman–Crippen MR) is 112 cm³/mol. The molecule has 0 amide bonds. The number of aliphatic hydroxyl groups is 5. The molecule has 5 atom stereocenters. The molecule has 0 saturated heterocycles. The van der Waals surface area contributed by atoms with E-state index in [0.717, 1.165) is 24.7 Å². The molecule has 5 N–H and O–H groups in total. The molecule has 0 spiro atoms. The Labute approximate surface area is 171 Å². The summed E-state index contributed by atoms with van der Waals surface area (Å²) in [6.45, 7) is 8.58. The first kappa shape index (κ1) is 27.5. The smallest absolute Gasteiger partial charge is 0.111 e. The third kappa shape index (κ3) is 13.6. The SMILES string of the molecule is CC(=CCCOC[C@H](O)[C@H](O)[C@@H](O)[C@@H](O)CO)CCCC(C)CCCC(C)C. The molecule has 0 aliphatic rings. The summed E-state index contributed by atoms with van der Waals surface area (Å²) in [5, 5.41) is 47.0. The van der Waals surface area contributed by atoms with Crippen molar-refractivity contribution >= 4 is 0 Å². The number of hydrogen-bond acceptors (Lipinski definition) is 6. The third-order valence-corrected chi connectivity index (χ3v) is 5.12. The van der Waals surface area contributed by atoms with E-state index in [-0.39, 0.29) is 6.61 Å². The molecule has 0 aromatic rings. The summed E-state index contributed by atoms with van der Waals surface area (Å²) in [7, 11) is 0. The fourth-order valence-corrected chi connectivity index (χ4v) is 3.10. The number of aliphatic hydroxyl groups excluding tert-OH is 5. The Morgan fingerprint density at radius 1 is 0.893 bits per heavy atom. The van der Waals surface area contributed by atoms with E-state index in [1.165, 1.54) is 37.7 Å². The van der Waals surface area contributed by atoms with Gasteiger partial charge < -0.3 is 30.3 Å². The van der Waals surface area contributed by atoms with Gasteiger partial charge in [0.15, 0.2) is 0 Å². The van der Waals surface area contributed by atoms with Gasteiger partial charge in [-0.15, -0.1) is 0 Å². The molecule has 0 radical (unpaired) electrons. The van der Waals surface area contributed by atoms with E-state index in [1.54, 1.807) is 0 Å². The molecule has 0 bridgehead atoms. The van der Waals surface area contributed by atoms with E-state index in [1.807, 2.05) is 0 Å². The maximum Gasteiger partial charge on any atom is 0.111 e. The van der Waals surface area contributed by atoms with Crippen LogP contribution in [-0.2, 0) is 4.74 Å². The predicted octanol–water partition coefficient (Wildman–Crippen LogP) is 2.41. The Kier molecular flexibility index (Phi) is 16.0. The van der Waals surface area contributed by atoms with Gasteiger partial charge in [-0.3, -0.25) is 0 Å². The highest BCUT2D eigenvalue weighted by molar-refractivity contribution is 4.97. The van der Waals surface area contributed by atoms with Crippen LogP contribution >= 0.6 is 0 Å². The first-order valence-electron chi connectivity index (χ1n) is 10.8. The van der Waals surface area contributed by atoms with Crippen LogP contribution in [0.4, 0.5) is 0 Å². The zero-order valence-electron chi connectivity index (χ0n) is 18.3. The normalized spacial score (nSPS) is 18.1. The summed E-state index contributed by atoms with van der Waals surface area (Å²) in [6.07, 6.45) is 4.35. The molecule has 168 valence electrons. The summed E-state index contributed by atoms with van der Waals surface area (Å²) < 4.78 is 5.33. The van der Waals surface area contributed by atoms with Gasteiger partial charge in [0.2, 0.25) is 0 Å². The minimum atomic E-state index is -1.61. The van der Waals surface area contributed by atoms with E-state index in [4.69, 9.17) is 9.84 Å². The average molecular weight is 405 g/mol. The second-order valence-corrected chi connectivity index (χ2v) is 8.53. The van der Waals surface area contributed by atoms with Crippen LogP contribution in [0.3, 0.4) is 0 Å². The van der Waals surface area contributed by atoms with E-state index < -0.39 is 31.0 Å². The van der Waals surface area contributed by atoms with E-state index >= 15 is 0 Å². The van der Waals surface area contributed by atoms with Crippen molar-refractivity contribution in [3.05, 3.63) is 11.6 Å². The van der Waals surface area contributed by atoms with Gasteiger partial charge in [0.1, 0.15) is 24.4 Å². The van der Waals surface area contributed by atoms with Gasteiger partial charge in [-0.1, -0.05) is 58.1 Å². The van der Waals surface area contributed by atoms with Crippen LogP contribution in [0.25, 0.3) is 0 Å². The molecule has 0 fully saturated rings. The summed E-state index contributed by atoms with van der Waals surface area (Å²) in [5.74, 6) is 1.57. The minimum Gasteiger partial charge on any atom is -0.394 e. The van der Waals surface area contributed by atoms with Gasteiger partial charge in [0.25, 0.3) is 0 Å². The summed E-state index contributed by atoms with van der Waals surface area (Å²) in [5.41, 5.74) is 1.33. The van der Waals surface area contributed by atoms with Crippen molar-refractivity contribution in [1.82, 2.24) is 0 Å². The van der Waals surface area contributed by atoms with Crippen molar-refractivity contribution < 1.29 is 30.3 Å².